The Kier molecular flexibility index (Phi) is 7.28. The van der Waals surface area contributed by atoms with Crippen LogP contribution in [0.15, 0.2) is 59.5 Å². The standard InChI is InChI=1S/C27H28BrClN4O/c28-22-12-21-6-5-20-13-23(29)7-8-24(20)27(26(21)32-16-22)33-10-2-4-18(17-33)11-25(34)31-15-19-3-1-9-30-14-19/h1,3,7-9,12-14,16,18,27H,2,4-6,10-11,15,17H2,(H,31,34). The summed E-state index contributed by atoms with van der Waals surface area (Å²) in [4.78, 5) is 24.3. The van der Waals surface area contributed by atoms with Crippen LogP contribution >= 0.6 is 27.5 Å². The summed E-state index contributed by atoms with van der Waals surface area (Å²) in [5, 5.41) is 3.84. The van der Waals surface area contributed by atoms with Gasteiger partial charge in [0.25, 0.3) is 0 Å². The lowest BCUT2D eigenvalue weighted by Crippen LogP contribution is -2.41. The minimum absolute atomic E-state index is 0.0825. The fourth-order valence-electron chi connectivity index (χ4n) is 5.32. The second-order valence-corrected chi connectivity index (χ2v) is 10.6. The molecule has 0 radical (unpaired) electrons. The quantitative estimate of drug-likeness (QED) is 0.465. The Balaban J connectivity index is 1.35. The molecule has 1 aromatic carbocycles. The molecule has 1 N–H and O–H groups in total. The van der Waals surface area contributed by atoms with Gasteiger partial charge in [-0.05, 0) is 101 Å². The molecule has 1 saturated heterocycles. The number of hydrogen-bond donors (Lipinski definition) is 1. The number of hydrogen-bond acceptors (Lipinski definition) is 4. The topological polar surface area (TPSA) is 58.1 Å². The van der Waals surface area contributed by atoms with Gasteiger partial charge in [0, 0.05) is 47.6 Å². The van der Waals surface area contributed by atoms with Crippen LogP contribution < -0.4 is 5.32 Å². The first-order valence-electron chi connectivity index (χ1n) is 11.9. The van der Waals surface area contributed by atoms with E-state index < -0.39 is 0 Å². The van der Waals surface area contributed by atoms with Crippen molar-refractivity contribution in [2.75, 3.05) is 13.1 Å². The number of amides is 1. The SMILES string of the molecule is O=C(CC1CCCN(C2c3ccc(Cl)cc3CCc3cc(Br)cnc32)C1)NCc1cccnc1. The maximum absolute atomic E-state index is 12.7. The first-order chi connectivity index (χ1) is 16.6. The number of nitrogens with one attached hydrogen (secondary N) is 1. The van der Waals surface area contributed by atoms with Crippen LogP contribution in [-0.2, 0) is 24.2 Å². The van der Waals surface area contributed by atoms with Crippen molar-refractivity contribution in [2.45, 2.75) is 44.7 Å². The van der Waals surface area contributed by atoms with E-state index in [1.54, 1.807) is 12.4 Å². The average Bonchev–Trinajstić information content (AvgIpc) is 3.00. The van der Waals surface area contributed by atoms with Gasteiger partial charge in [0.15, 0.2) is 0 Å². The highest BCUT2D eigenvalue weighted by Gasteiger charge is 2.33. The Morgan fingerprint density at radius 1 is 1.18 bits per heavy atom. The number of fused-ring (bicyclic) bond motifs is 2. The maximum atomic E-state index is 12.7. The Bertz CT molecular complexity index is 1120. The molecule has 2 atom stereocenters. The lowest BCUT2D eigenvalue weighted by molar-refractivity contribution is -0.122. The summed E-state index contributed by atoms with van der Waals surface area (Å²) in [5.41, 5.74) is 6.01. The molecule has 0 bridgehead atoms. The summed E-state index contributed by atoms with van der Waals surface area (Å²) in [5.74, 6) is 0.423. The molecular weight excluding hydrogens is 512 g/mol. The molecule has 1 fully saturated rings. The molecule has 5 rings (SSSR count). The molecule has 1 amide bonds. The van der Waals surface area contributed by atoms with Crippen LogP contribution in [0.25, 0.3) is 0 Å². The maximum Gasteiger partial charge on any atom is 0.220 e. The highest BCUT2D eigenvalue weighted by molar-refractivity contribution is 9.10. The zero-order valence-corrected chi connectivity index (χ0v) is 21.4. The zero-order chi connectivity index (χ0) is 23.5. The molecule has 3 aromatic rings. The number of piperidine rings is 1. The van der Waals surface area contributed by atoms with Crippen LogP contribution in [0.5, 0.6) is 0 Å². The van der Waals surface area contributed by atoms with Crippen molar-refractivity contribution in [3.05, 3.63) is 92.4 Å². The van der Waals surface area contributed by atoms with E-state index >= 15 is 0 Å². The van der Waals surface area contributed by atoms with Crippen LogP contribution in [0, 0.1) is 5.92 Å². The number of carbonyl (C=O) groups is 1. The summed E-state index contributed by atoms with van der Waals surface area (Å²) < 4.78 is 1.01. The van der Waals surface area contributed by atoms with Crippen LogP contribution in [0.4, 0.5) is 0 Å². The molecule has 2 unspecified atom stereocenters. The van der Waals surface area contributed by atoms with E-state index in [1.165, 1.54) is 16.7 Å². The summed E-state index contributed by atoms with van der Waals surface area (Å²) in [7, 11) is 0. The van der Waals surface area contributed by atoms with Gasteiger partial charge in [-0.3, -0.25) is 19.7 Å². The number of likely N-dealkylation sites (tertiary alicyclic amines) is 1. The second kappa shape index (κ2) is 10.5. The predicted molar refractivity (Wildman–Crippen MR) is 138 cm³/mol. The minimum Gasteiger partial charge on any atom is -0.352 e. The lowest BCUT2D eigenvalue weighted by atomic mass is 9.90. The fourth-order valence-corrected chi connectivity index (χ4v) is 5.89. The Hall–Kier alpha value is -2.28. The summed E-state index contributed by atoms with van der Waals surface area (Å²) in [6.45, 7) is 2.40. The van der Waals surface area contributed by atoms with Crippen LogP contribution in [0.1, 0.15) is 53.3 Å². The van der Waals surface area contributed by atoms with E-state index in [2.05, 4.69) is 49.3 Å². The molecule has 0 spiro atoms. The van der Waals surface area contributed by atoms with Gasteiger partial charge in [0.1, 0.15) is 0 Å². The van der Waals surface area contributed by atoms with Crippen molar-refractivity contribution in [3.8, 4) is 0 Å². The van der Waals surface area contributed by atoms with E-state index in [0.29, 0.717) is 18.9 Å². The molecule has 1 aliphatic heterocycles. The third-order valence-corrected chi connectivity index (χ3v) is 7.56. The summed E-state index contributed by atoms with van der Waals surface area (Å²) in [6.07, 6.45) is 10.0. The van der Waals surface area contributed by atoms with Crippen LogP contribution in [0.2, 0.25) is 5.02 Å². The van der Waals surface area contributed by atoms with E-state index in [1.807, 2.05) is 24.4 Å². The number of nitrogens with zero attached hydrogens (tertiary/aromatic N) is 3. The third-order valence-electron chi connectivity index (χ3n) is 6.89. The Morgan fingerprint density at radius 3 is 2.91 bits per heavy atom. The van der Waals surface area contributed by atoms with Crippen LogP contribution in [-0.4, -0.2) is 33.9 Å². The van der Waals surface area contributed by atoms with Crippen molar-refractivity contribution in [3.63, 3.8) is 0 Å². The first kappa shape index (κ1) is 23.5. The fraction of sp³-hybridized carbons (Fsp3) is 0.370. The van der Waals surface area contributed by atoms with Gasteiger partial charge in [-0.1, -0.05) is 23.7 Å². The van der Waals surface area contributed by atoms with E-state index in [0.717, 1.165) is 59.5 Å². The molecule has 5 nitrogen and oxygen atoms in total. The van der Waals surface area contributed by atoms with Crippen molar-refractivity contribution in [1.82, 2.24) is 20.2 Å². The summed E-state index contributed by atoms with van der Waals surface area (Å²) in [6, 6.07) is 12.4. The van der Waals surface area contributed by atoms with Gasteiger partial charge < -0.3 is 5.32 Å². The van der Waals surface area contributed by atoms with Crippen molar-refractivity contribution < 1.29 is 4.79 Å². The molecular formula is C27H28BrClN4O. The molecule has 2 aliphatic rings. The number of halogens is 2. The number of pyridine rings is 2. The monoisotopic (exact) mass is 538 g/mol. The Labute approximate surface area is 214 Å². The minimum atomic E-state index is 0.0825. The van der Waals surface area contributed by atoms with Gasteiger partial charge >= 0.3 is 0 Å². The molecule has 0 saturated carbocycles. The molecule has 2 aromatic heterocycles. The van der Waals surface area contributed by atoms with Crippen LogP contribution in [0.3, 0.4) is 0 Å². The molecule has 7 heteroatoms. The largest absolute Gasteiger partial charge is 0.352 e. The van der Waals surface area contributed by atoms with Gasteiger partial charge in [-0.15, -0.1) is 0 Å². The molecule has 1 aliphatic carbocycles. The van der Waals surface area contributed by atoms with E-state index in [4.69, 9.17) is 16.6 Å². The molecule has 3 heterocycles. The normalized spacial score (nSPS) is 20.2. The Morgan fingerprint density at radius 2 is 2.06 bits per heavy atom. The first-order valence-corrected chi connectivity index (χ1v) is 13.1. The smallest absolute Gasteiger partial charge is 0.220 e. The van der Waals surface area contributed by atoms with Gasteiger partial charge in [-0.25, -0.2) is 0 Å². The van der Waals surface area contributed by atoms with Gasteiger partial charge in [0.2, 0.25) is 5.91 Å². The van der Waals surface area contributed by atoms with E-state index in [-0.39, 0.29) is 11.9 Å². The highest BCUT2D eigenvalue weighted by Crippen LogP contribution is 2.39. The molecule has 176 valence electrons. The lowest BCUT2D eigenvalue weighted by Gasteiger charge is -2.39. The van der Waals surface area contributed by atoms with Crippen molar-refractivity contribution >= 4 is 33.4 Å². The summed E-state index contributed by atoms with van der Waals surface area (Å²) >= 11 is 9.97. The van der Waals surface area contributed by atoms with Gasteiger partial charge in [0.05, 0.1) is 11.7 Å². The number of aromatic nitrogens is 2. The number of rotatable bonds is 5. The van der Waals surface area contributed by atoms with Crippen molar-refractivity contribution in [2.24, 2.45) is 5.92 Å². The average molecular weight is 540 g/mol. The van der Waals surface area contributed by atoms with Gasteiger partial charge in [-0.2, -0.15) is 0 Å². The second-order valence-electron chi connectivity index (χ2n) is 9.29. The van der Waals surface area contributed by atoms with E-state index in [9.17, 15) is 4.79 Å². The number of aryl methyl sites for hydroxylation is 2. The third kappa shape index (κ3) is 5.35. The molecule has 34 heavy (non-hydrogen) atoms. The number of benzene rings is 1. The predicted octanol–water partition coefficient (Wildman–Crippen LogP) is 5.50. The zero-order valence-electron chi connectivity index (χ0n) is 19.0. The number of carbonyl (C=O) groups excluding carboxylic acids is 1. The van der Waals surface area contributed by atoms with Crippen molar-refractivity contribution in [1.29, 1.82) is 0 Å². The highest BCUT2D eigenvalue weighted by atomic mass is 79.9.